The molecular formula is C16H21ClN2O. The standard InChI is InChI=1S/C16H21ClN2O/c1-10(16(2,3)4)8-13-14(15(18)20-19-13)11-6-5-7-12(17)9-11/h5-7,9-10H,8,18H2,1-4H3. The monoisotopic (exact) mass is 292 g/mol. The Balaban J connectivity index is 2.38. The second-order valence-electron chi connectivity index (χ2n) is 6.35. The van der Waals surface area contributed by atoms with Crippen molar-refractivity contribution in [3.05, 3.63) is 35.0 Å². The number of hydrogen-bond acceptors (Lipinski definition) is 3. The van der Waals surface area contributed by atoms with Crippen molar-refractivity contribution in [3.8, 4) is 11.1 Å². The minimum absolute atomic E-state index is 0.208. The van der Waals surface area contributed by atoms with Crippen LogP contribution in [0.3, 0.4) is 0 Å². The van der Waals surface area contributed by atoms with Gasteiger partial charge >= 0.3 is 0 Å². The van der Waals surface area contributed by atoms with E-state index >= 15 is 0 Å². The Labute approximate surface area is 125 Å². The number of nitrogens with two attached hydrogens (primary N) is 1. The van der Waals surface area contributed by atoms with Crippen molar-refractivity contribution in [1.29, 1.82) is 0 Å². The molecule has 0 bridgehead atoms. The molecule has 2 aromatic rings. The highest BCUT2D eigenvalue weighted by molar-refractivity contribution is 6.30. The second kappa shape index (κ2) is 5.49. The normalized spacial score (nSPS) is 13.4. The quantitative estimate of drug-likeness (QED) is 0.884. The zero-order chi connectivity index (χ0) is 14.9. The van der Waals surface area contributed by atoms with Crippen LogP contribution in [0.1, 0.15) is 33.4 Å². The first kappa shape index (κ1) is 14.9. The molecule has 1 heterocycles. The van der Waals surface area contributed by atoms with Gasteiger partial charge in [0.15, 0.2) is 0 Å². The molecule has 0 radical (unpaired) electrons. The smallest absolute Gasteiger partial charge is 0.230 e. The molecule has 1 aromatic carbocycles. The summed E-state index contributed by atoms with van der Waals surface area (Å²) in [5.74, 6) is 0.813. The van der Waals surface area contributed by atoms with Gasteiger partial charge in [0.1, 0.15) is 0 Å². The lowest BCUT2D eigenvalue weighted by Crippen LogP contribution is -2.19. The molecule has 1 aromatic heterocycles. The molecule has 0 spiro atoms. The summed E-state index contributed by atoms with van der Waals surface area (Å²) >= 11 is 6.05. The maximum atomic E-state index is 6.05. The summed E-state index contributed by atoms with van der Waals surface area (Å²) in [5.41, 5.74) is 8.85. The molecule has 3 nitrogen and oxygen atoms in total. The van der Waals surface area contributed by atoms with E-state index in [1.54, 1.807) is 0 Å². The summed E-state index contributed by atoms with van der Waals surface area (Å²) in [6.07, 6.45) is 0.825. The first-order valence-corrected chi connectivity index (χ1v) is 7.17. The summed E-state index contributed by atoms with van der Waals surface area (Å²) in [5, 5.41) is 4.81. The Hall–Kier alpha value is -1.48. The Morgan fingerprint density at radius 2 is 2.05 bits per heavy atom. The summed E-state index contributed by atoms with van der Waals surface area (Å²) in [4.78, 5) is 0. The predicted octanol–water partition coefficient (Wildman–Crippen LogP) is 4.80. The average molecular weight is 293 g/mol. The minimum atomic E-state index is 0.208. The SMILES string of the molecule is CC(Cc1noc(N)c1-c1cccc(Cl)c1)C(C)(C)C. The highest BCUT2D eigenvalue weighted by Crippen LogP contribution is 2.35. The first-order chi connectivity index (χ1) is 9.29. The van der Waals surface area contributed by atoms with Crippen LogP contribution in [0.4, 0.5) is 5.88 Å². The van der Waals surface area contributed by atoms with E-state index in [2.05, 4.69) is 32.9 Å². The van der Waals surface area contributed by atoms with Gasteiger partial charge in [0.25, 0.3) is 0 Å². The van der Waals surface area contributed by atoms with Gasteiger partial charge in [0.05, 0.1) is 11.3 Å². The molecule has 0 aliphatic heterocycles. The van der Waals surface area contributed by atoms with Crippen LogP contribution < -0.4 is 5.73 Å². The van der Waals surface area contributed by atoms with E-state index in [4.69, 9.17) is 21.9 Å². The Bertz CT molecular complexity index is 599. The molecule has 2 rings (SSSR count). The molecule has 1 atom stereocenters. The molecule has 0 saturated carbocycles. The van der Waals surface area contributed by atoms with Crippen LogP contribution in [0.25, 0.3) is 11.1 Å². The summed E-state index contributed by atoms with van der Waals surface area (Å²) in [7, 11) is 0. The van der Waals surface area contributed by atoms with Crippen LogP contribution in [0.5, 0.6) is 0 Å². The number of benzene rings is 1. The van der Waals surface area contributed by atoms with Crippen LogP contribution in [0, 0.1) is 11.3 Å². The molecule has 108 valence electrons. The Kier molecular flexibility index (Phi) is 4.09. The molecular weight excluding hydrogens is 272 g/mol. The molecule has 2 N–H and O–H groups in total. The van der Waals surface area contributed by atoms with Crippen LogP contribution in [-0.2, 0) is 6.42 Å². The van der Waals surface area contributed by atoms with E-state index in [9.17, 15) is 0 Å². The molecule has 0 aliphatic rings. The van der Waals surface area contributed by atoms with Gasteiger partial charge in [-0.3, -0.25) is 0 Å². The summed E-state index contributed by atoms with van der Waals surface area (Å²) in [6, 6.07) is 7.60. The number of nitrogen functional groups attached to an aromatic ring is 1. The van der Waals surface area contributed by atoms with Crippen molar-refractivity contribution >= 4 is 17.5 Å². The molecule has 20 heavy (non-hydrogen) atoms. The third kappa shape index (κ3) is 3.15. The van der Waals surface area contributed by atoms with Gasteiger partial charge in [-0.2, -0.15) is 0 Å². The van der Waals surface area contributed by atoms with Crippen molar-refractivity contribution < 1.29 is 4.52 Å². The number of nitrogens with zero attached hydrogens (tertiary/aromatic N) is 1. The lowest BCUT2D eigenvalue weighted by atomic mass is 9.79. The molecule has 0 saturated heterocycles. The van der Waals surface area contributed by atoms with E-state index in [0.29, 0.717) is 16.8 Å². The van der Waals surface area contributed by atoms with Crippen molar-refractivity contribution in [1.82, 2.24) is 5.16 Å². The maximum absolute atomic E-state index is 6.05. The Morgan fingerprint density at radius 1 is 1.35 bits per heavy atom. The van der Waals surface area contributed by atoms with Crippen molar-refractivity contribution in [3.63, 3.8) is 0 Å². The minimum Gasteiger partial charge on any atom is -0.367 e. The van der Waals surface area contributed by atoms with Crippen LogP contribution >= 0.6 is 11.6 Å². The van der Waals surface area contributed by atoms with Crippen LogP contribution in [0.15, 0.2) is 28.8 Å². The first-order valence-electron chi connectivity index (χ1n) is 6.79. The van der Waals surface area contributed by atoms with Gasteiger partial charge in [-0.15, -0.1) is 0 Å². The zero-order valence-electron chi connectivity index (χ0n) is 12.4. The van der Waals surface area contributed by atoms with Crippen molar-refractivity contribution in [2.75, 3.05) is 5.73 Å². The highest BCUT2D eigenvalue weighted by atomic mass is 35.5. The number of halogens is 1. The second-order valence-corrected chi connectivity index (χ2v) is 6.79. The summed E-state index contributed by atoms with van der Waals surface area (Å²) in [6.45, 7) is 8.88. The largest absolute Gasteiger partial charge is 0.367 e. The topological polar surface area (TPSA) is 52.0 Å². The molecule has 0 fully saturated rings. The fourth-order valence-electron chi connectivity index (χ4n) is 2.03. The third-order valence-electron chi connectivity index (χ3n) is 3.88. The van der Waals surface area contributed by atoms with Gasteiger partial charge < -0.3 is 10.3 Å². The fraction of sp³-hybridized carbons (Fsp3) is 0.438. The highest BCUT2D eigenvalue weighted by Gasteiger charge is 2.24. The predicted molar refractivity (Wildman–Crippen MR) is 83.7 cm³/mol. The third-order valence-corrected chi connectivity index (χ3v) is 4.12. The lowest BCUT2D eigenvalue weighted by Gasteiger charge is -2.26. The van der Waals surface area contributed by atoms with Crippen molar-refractivity contribution in [2.45, 2.75) is 34.1 Å². The zero-order valence-corrected chi connectivity index (χ0v) is 13.2. The van der Waals surface area contributed by atoms with Crippen molar-refractivity contribution in [2.24, 2.45) is 11.3 Å². The molecule has 4 heteroatoms. The molecule has 0 amide bonds. The van der Waals surface area contributed by atoms with E-state index < -0.39 is 0 Å². The van der Waals surface area contributed by atoms with Gasteiger partial charge in [0.2, 0.25) is 5.88 Å². The van der Waals surface area contributed by atoms with E-state index in [1.807, 2.05) is 24.3 Å². The van der Waals surface area contributed by atoms with Gasteiger partial charge in [0, 0.05) is 5.02 Å². The number of hydrogen-bond donors (Lipinski definition) is 1. The van der Waals surface area contributed by atoms with E-state index in [1.165, 1.54) is 0 Å². The molecule has 0 aliphatic carbocycles. The summed E-state index contributed by atoms with van der Waals surface area (Å²) < 4.78 is 5.19. The molecule has 1 unspecified atom stereocenters. The van der Waals surface area contributed by atoms with Gasteiger partial charge in [-0.25, -0.2) is 0 Å². The number of rotatable bonds is 3. The van der Waals surface area contributed by atoms with Gasteiger partial charge in [-0.05, 0) is 35.4 Å². The average Bonchev–Trinajstić information content (AvgIpc) is 2.69. The number of anilines is 1. The fourth-order valence-corrected chi connectivity index (χ4v) is 2.22. The Morgan fingerprint density at radius 3 is 2.65 bits per heavy atom. The maximum Gasteiger partial charge on any atom is 0.230 e. The van der Waals surface area contributed by atoms with Crippen LogP contribution in [0.2, 0.25) is 5.02 Å². The van der Waals surface area contributed by atoms with E-state index in [-0.39, 0.29) is 5.41 Å². The van der Waals surface area contributed by atoms with Crippen LogP contribution in [-0.4, -0.2) is 5.16 Å². The lowest BCUT2D eigenvalue weighted by molar-refractivity contribution is 0.255. The number of aromatic nitrogens is 1. The van der Waals surface area contributed by atoms with Gasteiger partial charge in [-0.1, -0.05) is 56.6 Å². The van der Waals surface area contributed by atoms with E-state index in [0.717, 1.165) is 23.2 Å².